The van der Waals surface area contributed by atoms with Crippen LogP contribution in [0.3, 0.4) is 0 Å². The number of halogens is 6. The van der Waals surface area contributed by atoms with E-state index in [0.29, 0.717) is 59.3 Å². The summed E-state index contributed by atoms with van der Waals surface area (Å²) in [6.45, 7) is 3.02. The average molecular weight is 741 g/mol. The Labute approximate surface area is 300 Å². The number of cyclic esters (lactones) is 1. The molecule has 2 aliphatic heterocycles. The Bertz CT molecular complexity index is 2060. The summed E-state index contributed by atoms with van der Waals surface area (Å²) < 4.78 is 94.2. The maximum Gasteiger partial charge on any atom is 0.416 e. The quantitative estimate of drug-likeness (QED) is 0.179. The zero-order chi connectivity index (χ0) is 37.9. The first kappa shape index (κ1) is 36.0. The van der Waals surface area contributed by atoms with Crippen LogP contribution in [0.2, 0.25) is 0 Å². The zero-order valence-corrected chi connectivity index (χ0v) is 28.6. The molecule has 53 heavy (non-hydrogen) atoms. The lowest BCUT2D eigenvalue weighted by atomic mass is 9.93. The first-order valence-corrected chi connectivity index (χ1v) is 17.0. The highest BCUT2D eigenvalue weighted by Crippen LogP contribution is 2.58. The van der Waals surface area contributed by atoms with Crippen LogP contribution in [-0.4, -0.2) is 57.8 Å². The minimum Gasteiger partial charge on any atom is -0.496 e. The predicted octanol–water partition coefficient (Wildman–Crippen LogP) is 9.08. The molecule has 1 N–H and O–H groups in total. The molecule has 0 unspecified atom stereocenters. The van der Waals surface area contributed by atoms with E-state index < -0.39 is 52.7 Å². The van der Waals surface area contributed by atoms with Crippen molar-refractivity contribution in [1.82, 2.24) is 14.9 Å². The van der Waals surface area contributed by atoms with Gasteiger partial charge in [-0.25, -0.2) is 19.6 Å². The molecule has 1 saturated carbocycles. The number of carboxylic acid groups (broad SMARTS) is 1. The van der Waals surface area contributed by atoms with Crippen LogP contribution in [-0.2, 0) is 23.6 Å². The number of aryl methyl sites for hydroxylation is 1. The number of hydrogen-bond donors (Lipinski definition) is 1. The summed E-state index contributed by atoms with van der Waals surface area (Å²) >= 11 is 0. The van der Waals surface area contributed by atoms with Gasteiger partial charge in [-0.2, -0.15) is 26.3 Å². The largest absolute Gasteiger partial charge is 0.496 e. The lowest BCUT2D eigenvalue weighted by molar-refractivity contribution is -0.143. The standard InChI is InChI=1S/C38H34F6N4O5/c1-21-14-23(33(49)50)6-8-27(21)22-7-9-31(52-2)28(17-22)29-19-45-34(47-12-4-3-5-13-47)46-30(29)20-48-35(51)53-32(36(48)10-11-36)24-15-25(37(39,40)41)18-26(16-24)38(42,43)44/h6-9,14-19,32H,3-5,10-13,20H2,1-2H3,(H,49,50)/t32-/m1/s1. The second-order valence-corrected chi connectivity index (χ2v) is 13.6. The minimum absolute atomic E-state index is 0.0520. The highest BCUT2D eigenvalue weighted by atomic mass is 19.4. The van der Waals surface area contributed by atoms with Gasteiger partial charge in [0.25, 0.3) is 0 Å². The third-order valence-electron chi connectivity index (χ3n) is 10.2. The van der Waals surface area contributed by atoms with Gasteiger partial charge in [0.05, 0.1) is 41.6 Å². The molecule has 4 aromatic rings. The van der Waals surface area contributed by atoms with Crippen LogP contribution < -0.4 is 9.64 Å². The number of piperidine rings is 1. The van der Waals surface area contributed by atoms with E-state index in [1.807, 2.05) is 17.0 Å². The van der Waals surface area contributed by atoms with E-state index in [0.717, 1.165) is 30.4 Å². The summed E-state index contributed by atoms with van der Waals surface area (Å²) in [5.74, 6) is -0.202. The number of hydrogen-bond acceptors (Lipinski definition) is 7. The maximum absolute atomic E-state index is 13.8. The number of anilines is 1. The van der Waals surface area contributed by atoms with E-state index in [1.54, 1.807) is 31.3 Å². The number of ether oxygens (including phenoxy) is 2. The van der Waals surface area contributed by atoms with Crippen molar-refractivity contribution in [2.45, 2.75) is 69.6 Å². The van der Waals surface area contributed by atoms with Crippen LogP contribution >= 0.6 is 0 Å². The van der Waals surface area contributed by atoms with Crippen molar-refractivity contribution in [3.63, 3.8) is 0 Å². The predicted molar refractivity (Wildman–Crippen MR) is 180 cm³/mol. The van der Waals surface area contributed by atoms with Crippen molar-refractivity contribution in [3.05, 3.63) is 94.3 Å². The molecule has 0 bridgehead atoms. The van der Waals surface area contributed by atoms with Gasteiger partial charge in [0.15, 0.2) is 6.10 Å². The Kier molecular flexibility index (Phi) is 9.01. The number of carbonyl (C=O) groups is 2. The Morgan fingerprint density at radius 1 is 0.925 bits per heavy atom. The number of rotatable bonds is 8. The summed E-state index contributed by atoms with van der Waals surface area (Å²) in [6.07, 6.45) is -7.33. The molecule has 15 heteroatoms. The fourth-order valence-electron chi connectivity index (χ4n) is 7.34. The van der Waals surface area contributed by atoms with Crippen molar-refractivity contribution >= 4 is 18.0 Å². The summed E-state index contributed by atoms with van der Waals surface area (Å²) in [5, 5.41) is 9.46. The topological polar surface area (TPSA) is 105 Å². The van der Waals surface area contributed by atoms with Gasteiger partial charge in [-0.05, 0) is 104 Å². The van der Waals surface area contributed by atoms with Gasteiger partial charge in [0, 0.05) is 30.4 Å². The molecular formula is C38H34F6N4O5. The molecule has 1 amide bonds. The summed E-state index contributed by atoms with van der Waals surface area (Å²) in [6, 6.07) is 11.5. The number of nitrogens with zero attached hydrogens (tertiary/aromatic N) is 4. The second kappa shape index (κ2) is 13.3. The first-order chi connectivity index (χ1) is 25.1. The van der Waals surface area contributed by atoms with E-state index in [4.69, 9.17) is 14.5 Å². The molecule has 1 atom stereocenters. The third kappa shape index (κ3) is 6.84. The molecule has 3 aromatic carbocycles. The number of amides is 1. The van der Waals surface area contributed by atoms with Crippen LogP contribution in [0.25, 0.3) is 22.3 Å². The molecule has 3 fully saturated rings. The van der Waals surface area contributed by atoms with E-state index in [1.165, 1.54) is 18.1 Å². The molecule has 1 aliphatic carbocycles. The number of carboxylic acids is 1. The van der Waals surface area contributed by atoms with Gasteiger partial charge in [-0.1, -0.05) is 12.1 Å². The lowest BCUT2D eigenvalue weighted by Crippen LogP contribution is -2.37. The highest BCUT2D eigenvalue weighted by molar-refractivity contribution is 5.89. The first-order valence-electron chi connectivity index (χ1n) is 17.0. The molecule has 9 nitrogen and oxygen atoms in total. The van der Waals surface area contributed by atoms with Gasteiger partial charge >= 0.3 is 24.4 Å². The Balaban J connectivity index is 1.31. The van der Waals surface area contributed by atoms with E-state index >= 15 is 0 Å². The number of aromatic nitrogens is 2. The maximum atomic E-state index is 13.8. The number of alkyl halides is 6. The average Bonchev–Trinajstić information content (AvgIpc) is 3.88. The molecule has 0 radical (unpaired) electrons. The van der Waals surface area contributed by atoms with Crippen LogP contribution in [0.15, 0.2) is 60.8 Å². The Hall–Kier alpha value is -5.34. The summed E-state index contributed by atoms with van der Waals surface area (Å²) in [7, 11) is 1.49. The molecular weight excluding hydrogens is 706 g/mol. The van der Waals surface area contributed by atoms with Crippen LogP contribution in [0, 0.1) is 6.92 Å². The van der Waals surface area contributed by atoms with Gasteiger partial charge in [0.1, 0.15) is 5.75 Å². The summed E-state index contributed by atoms with van der Waals surface area (Å²) in [5.41, 5.74) is -0.840. The van der Waals surface area contributed by atoms with Crippen LogP contribution in [0.1, 0.15) is 76.5 Å². The molecule has 1 aromatic heterocycles. The smallest absolute Gasteiger partial charge is 0.416 e. The number of benzene rings is 3. The highest BCUT2D eigenvalue weighted by Gasteiger charge is 2.64. The van der Waals surface area contributed by atoms with E-state index in [9.17, 15) is 41.0 Å². The Morgan fingerprint density at radius 2 is 1.60 bits per heavy atom. The van der Waals surface area contributed by atoms with Crippen molar-refractivity contribution in [3.8, 4) is 28.0 Å². The van der Waals surface area contributed by atoms with Crippen molar-refractivity contribution in [2.75, 3.05) is 25.1 Å². The van der Waals surface area contributed by atoms with Crippen molar-refractivity contribution in [1.29, 1.82) is 0 Å². The third-order valence-corrected chi connectivity index (χ3v) is 10.2. The fourth-order valence-corrected chi connectivity index (χ4v) is 7.34. The van der Waals surface area contributed by atoms with Crippen molar-refractivity contribution < 1.29 is 50.5 Å². The SMILES string of the molecule is COc1ccc(-c2ccc(C(=O)O)cc2C)cc1-c1cnc(N2CCCCC2)nc1CN1C(=O)O[C@H](c2cc(C(F)(F)F)cc(C(F)(F)F)c2)C12CC2. The molecule has 2 saturated heterocycles. The van der Waals surface area contributed by atoms with Gasteiger partial charge < -0.3 is 19.5 Å². The normalized spacial score (nSPS) is 18.3. The minimum atomic E-state index is -5.07. The van der Waals surface area contributed by atoms with Crippen LogP contribution in [0.4, 0.5) is 37.1 Å². The zero-order valence-electron chi connectivity index (χ0n) is 28.6. The fraction of sp³-hybridized carbons (Fsp3) is 0.368. The molecule has 1 spiro atoms. The molecule has 7 rings (SSSR count). The monoisotopic (exact) mass is 740 g/mol. The second-order valence-electron chi connectivity index (χ2n) is 13.6. The number of aromatic carboxylic acids is 1. The van der Waals surface area contributed by atoms with Crippen molar-refractivity contribution in [2.24, 2.45) is 0 Å². The summed E-state index contributed by atoms with van der Waals surface area (Å²) in [4.78, 5) is 38.2. The number of carbonyl (C=O) groups excluding carboxylic acids is 1. The molecule has 278 valence electrons. The van der Waals surface area contributed by atoms with Gasteiger partial charge in [-0.15, -0.1) is 0 Å². The molecule has 3 aliphatic rings. The number of methoxy groups -OCH3 is 1. The van der Waals surface area contributed by atoms with Crippen LogP contribution in [0.5, 0.6) is 5.75 Å². The Morgan fingerprint density at radius 3 is 2.19 bits per heavy atom. The van der Waals surface area contributed by atoms with Gasteiger partial charge in [0.2, 0.25) is 5.95 Å². The van der Waals surface area contributed by atoms with E-state index in [2.05, 4.69) is 4.98 Å². The van der Waals surface area contributed by atoms with Gasteiger partial charge in [-0.3, -0.25) is 4.90 Å². The lowest BCUT2D eigenvalue weighted by Gasteiger charge is -2.29. The van der Waals surface area contributed by atoms with E-state index in [-0.39, 0.29) is 31.0 Å². The molecule has 3 heterocycles.